The second-order valence-electron chi connectivity index (χ2n) is 3.34. The van der Waals surface area contributed by atoms with Gasteiger partial charge in [0.2, 0.25) is 0 Å². The average Bonchev–Trinajstić information content (AvgIpc) is 2.75. The molecule has 1 aliphatic carbocycles. The molecule has 1 heterocycles. The van der Waals surface area contributed by atoms with E-state index in [4.69, 9.17) is 0 Å². The Kier molecular flexibility index (Phi) is 2.72. The van der Waals surface area contributed by atoms with Gasteiger partial charge in [-0.25, -0.2) is 0 Å². The molecule has 0 bridgehead atoms. The molecule has 0 unspecified atom stereocenters. The fourth-order valence-corrected chi connectivity index (χ4v) is 1.84. The molecule has 0 saturated heterocycles. The Hall–Kier alpha value is -1.03. The minimum atomic E-state index is -0.0376. The first-order valence-electron chi connectivity index (χ1n) is 4.55. The van der Waals surface area contributed by atoms with E-state index in [1.165, 1.54) is 0 Å². The van der Waals surface area contributed by atoms with E-state index in [1.807, 2.05) is 0 Å². The third-order valence-electron chi connectivity index (χ3n) is 2.24. The number of H-pyrrole nitrogens is 1. The third-order valence-corrected chi connectivity index (χ3v) is 2.69. The van der Waals surface area contributed by atoms with Gasteiger partial charge in [0, 0.05) is 16.7 Å². The highest BCUT2D eigenvalue weighted by atomic mass is 79.9. The van der Waals surface area contributed by atoms with Gasteiger partial charge in [0.25, 0.3) is 5.91 Å². The number of aromatic amines is 1. The number of nitrogens with one attached hydrogen (secondary N) is 2. The SMILES string of the molecule is O=C(NC1CC=CC1)c1cc(Br)c[nH]1. The molecule has 0 spiro atoms. The Morgan fingerprint density at radius 1 is 1.50 bits per heavy atom. The van der Waals surface area contributed by atoms with Crippen molar-refractivity contribution in [3.8, 4) is 0 Å². The Labute approximate surface area is 90.7 Å². The van der Waals surface area contributed by atoms with Crippen LogP contribution in [0.1, 0.15) is 23.3 Å². The van der Waals surface area contributed by atoms with Crippen molar-refractivity contribution in [1.29, 1.82) is 0 Å². The zero-order chi connectivity index (χ0) is 9.97. The molecule has 74 valence electrons. The second-order valence-corrected chi connectivity index (χ2v) is 4.26. The number of carbonyl (C=O) groups excluding carboxylic acids is 1. The minimum Gasteiger partial charge on any atom is -0.356 e. The molecule has 0 aromatic carbocycles. The average molecular weight is 255 g/mol. The molecule has 14 heavy (non-hydrogen) atoms. The van der Waals surface area contributed by atoms with E-state index in [1.54, 1.807) is 12.3 Å². The van der Waals surface area contributed by atoms with Gasteiger partial charge < -0.3 is 10.3 Å². The van der Waals surface area contributed by atoms with Crippen LogP contribution in [-0.4, -0.2) is 16.9 Å². The first kappa shape index (κ1) is 9.52. The fraction of sp³-hybridized carbons (Fsp3) is 0.300. The van der Waals surface area contributed by atoms with Crippen molar-refractivity contribution in [3.63, 3.8) is 0 Å². The van der Waals surface area contributed by atoms with Crippen LogP contribution in [0.2, 0.25) is 0 Å². The maximum absolute atomic E-state index is 11.6. The first-order valence-corrected chi connectivity index (χ1v) is 5.35. The highest BCUT2D eigenvalue weighted by Gasteiger charge is 2.15. The summed E-state index contributed by atoms with van der Waals surface area (Å²) < 4.78 is 0.896. The van der Waals surface area contributed by atoms with Crippen LogP contribution >= 0.6 is 15.9 Å². The zero-order valence-electron chi connectivity index (χ0n) is 7.59. The van der Waals surface area contributed by atoms with Crippen molar-refractivity contribution in [3.05, 3.63) is 34.6 Å². The van der Waals surface area contributed by atoms with Crippen LogP contribution in [0, 0.1) is 0 Å². The molecule has 0 saturated carbocycles. The Morgan fingerprint density at radius 2 is 2.21 bits per heavy atom. The summed E-state index contributed by atoms with van der Waals surface area (Å²) in [7, 11) is 0. The molecular formula is C10H11BrN2O. The molecule has 1 aliphatic rings. The van der Waals surface area contributed by atoms with Crippen LogP contribution in [0.25, 0.3) is 0 Å². The highest BCUT2D eigenvalue weighted by molar-refractivity contribution is 9.10. The van der Waals surface area contributed by atoms with Gasteiger partial charge in [-0.1, -0.05) is 12.2 Å². The summed E-state index contributed by atoms with van der Waals surface area (Å²) in [4.78, 5) is 14.5. The number of halogens is 1. The number of carbonyl (C=O) groups is 1. The lowest BCUT2D eigenvalue weighted by molar-refractivity contribution is 0.0934. The van der Waals surface area contributed by atoms with Crippen LogP contribution < -0.4 is 5.32 Å². The number of aromatic nitrogens is 1. The molecule has 1 aromatic rings. The summed E-state index contributed by atoms with van der Waals surface area (Å²) in [6.07, 6.45) is 7.81. The molecule has 0 atom stereocenters. The molecule has 4 heteroatoms. The topological polar surface area (TPSA) is 44.9 Å². The standard InChI is InChI=1S/C10H11BrN2O/c11-7-5-9(12-6-7)10(14)13-8-3-1-2-4-8/h1-2,5-6,8,12H,3-4H2,(H,13,14). The Bertz CT molecular complexity index is 362. The van der Waals surface area contributed by atoms with Crippen LogP contribution in [0.4, 0.5) is 0 Å². The molecule has 0 radical (unpaired) electrons. The molecule has 0 aliphatic heterocycles. The van der Waals surface area contributed by atoms with Crippen LogP contribution in [0.5, 0.6) is 0 Å². The zero-order valence-corrected chi connectivity index (χ0v) is 9.17. The Balaban J connectivity index is 1.95. The van der Waals surface area contributed by atoms with E-state index >= 15 is 0 Å². The van der Waals surface area contributed by atoms with Gasteiger partial charge in [0.1, 0.15) is 5.69 Å². The van der Waals surface area contributed by atoms with E-state index < -0.39 is 0 Å². The van der Waals surface area contributed by atoms with Gasteiger partial charge in [-0.3, -0.25) is 4.79 Å². The van der Waals surface area contributed by atoms with Crippen molar-refractivity contribution in [2.45, 2.75) is 18.9 Å². The van der Waals surface area contributed by atoms with E-state index in [0.717, 1.165) is 17.3 Å². The summed E-state index contributed by atoms with van der Waals surface area (Å²) in [5, 5.41) is 2.95. The van der Waals surface area contributed by atoms with Crippen molar-refractivity contribution in [2.24, 2.45) is 0 Å². The summed E-state index contributed by atoms with van der Waals surface area (Å²) in [6, 6.07) is 2.04. The van der Waals surface area contributed by atoms with Crippen LogP contribution in [0.15, 0.2) is 28.9 Å². The van der Waals surface area contributed by atoms with Crippen molar-refractivity contribution in [1.82, 2.24) is 10.3 Å². The molecule has 2 rings (SSSR count). The van der Waals surface area contributed by atoms with Gasteiger partial charge in [0.15, 0.2) is 0 Å². The number of hydrogen-bond donors (Lipinski definition) is 2. The predicted molar refractivity (Wildman–Crippen MR) is 58.1 cm³/mol. The summed E-state index contributed by atoms with van der Waals surface area (Å²) in [6.45, 7) is 0. The van der Waals surface area contributed by atoms with Crippen LogP contribution in [0.3, 0.4) is 0 Å². The Morgan fingerprint density at radius 3 is 2.79 bits per heavy atom. The number of rotatable bonds is 2. The van der Waals surface area contributed by atoms with Gasteiger partial charge in [-0.2, -0.15) is 0 Å². The van der Waals surface area contributed by atoms with Gasteiger partial charge in [-0.05, 0) is 34.8 Å². The van der Waals surface area contributed by atoms with E-state index in [0.29, 0.717) is 5.69 Å². The smallest absolute Gasteiger partial charge is 0.267 e. The van der Waals surface area contributed by atoms with E-state index in [2.05, 4.69) is 38.4 Å². The molecule has 3 nitrogen and oxygen atoms in total. The van der Waals surface area contributed by atoms with Crippen LogP contribution in [-0.2, 0) is 0 Å². The minimum absolute atomic E-state index is 0.0376. The van der Waals surface area contributed by atoms with Gasteiger partial charge >= 0.3 is 0 Å². The van der Waals surface area contributed by atoms with E-state index in [-0.39, 0.29) is 11.9 Å². The normalized spacial score (nSPS) is 16.1. The number of amides is 1. The lowest BCUT2D eigenvalue weighted by Gasteiger charge is -2.10. The summed E-state index contributed by atoms with van der Waals surface area (Å²) in [5.41, 5.74) is 0.601. The fourth-order valence-electron chi connectivity index (χ4n) is 1.50. The molecule has 0 fully saturated rings. The second kappa shape index (κ2) is 4.00. The van der Waals surface area contributed by atoms with Crippen molar-refractivity contribution >= 4 is 21.8 Å². The molecule has 1 aromatic heterocycles. The summed E-state index contributed by atoms with van der Waals surface area (Å²) >= 11 is 3.29. The van der Waals surface area contributed by atoms with Gasteiger partial charge in [0.05, 0.1) is 0 Å². The lowest BCUT2D eigenvalue weighted by atomic mass is 10.2. The maximum atomic E-state index is 11.6. The van der Waals surface area contributed by atoms with Gasteiger partial charge in [-0.15, -0.1) is 0 Å². The quantitative estimate of drug-likeness (QED) is 0.782. The summed E-state index contributed by atoms with van der Waals surface area (Å²) in [5.74, 6) is -0.0376. The van der Waals surface area contributed by atoms with Crippen molar-refractivity contribution in [2.75, 3.05) is 0 Å². The predicted octanol–water partition coefficient (Wildman–Crippen LogP) is 2.23. The molecule has 2 N–H and O–H groups in total. The largest absolute Gasteiger partial charge is 0.356 e. The highest BCUT2D eigenvalue weighted by Crippen LogP contribution is 2.13. The molecule has 1 amide bonds. The van der Waals surface area contributed by atoms with Crippen molar-refractivity contribution < 1.29 is 4.79 Å². The monoisotopic (exact) mass is 254 g/mol. The first-order chi connectivity index (χ1) is 6.75. The van der Waals surface area contributed by atoms with E-state index in [9.17, 15) is 4.79 Å². The maximum Gasteiger partial charge on any atom is 0.267 e. The molecular weight excluding hydrogens is 244 g/mol. The number of hydrogen-bond acceptors (Lipinski definition) is 1. The third kappa shape index (κ3) is 2.07. The lowest BCUT2D eigenvalue weighted by Crippen LogP contribution is -2.32.